The van der Waals surface area contributed by atoms with E-state index in [0.717, 1.165) is 12.4 Å². The molecule has 0 saturated heterocycles. The fourth-order valence-electron chi connectivity index (χ4n) is 1.81. The van der Waals surface area contributed by atoms with Crippen LogP contribution in [0.2, 0.25) is 0 Å². The molecule has 1 aromatic heterocycles. The lowest BCUT2D eigenvalue weighted by atomic mass is 10.3. The minimum atomic E-state index is 0.248. The first-order valence-electron chi connectivity index (χ1n) is 6.73. The number of pyridine rings is 1. The predicted molar refractivity (Wildman–Crippen MR) is 76.6 cm³/mol. The van der Waals surface area contributed by atoms with Crippen molar-refractivity contribution in [3.05, 3.63) is 12.1 Å². The van der Waals surface area contributed by atoms with Gasteiger partial charge in [-0.3, -0.25) is 0 Å². The van der Waals surface area contributed by atoms with E-state index in [2.05, 4.69) is 16.8 Å². The Morgan fingerprint density at radius 1 is 1.47 bits per heavy atom. The zero-order valence-corrected chi connectivity index (χ0v) is 11.9. The van der Waals surface area contributed by atoms with Gasteiger partial charge in [-0.25, -0.2) is 0 Å². The van der Waals surface area contributed by atoms with E-state index in [9.17, 15) is 0 Å². The number of anilines is 2. The molecule has 0 spiro atoms. The van der Waals surface area contributed by atoms with Crippen molar-refractivity contribution < 1.29 is 9.47 Å². The molecule has 0 amide bonds. The van der Waals surface area contributed by atoms with Gasteiger partial charge in [0, 0.05) is 14.2 Å². The zero-order chi connectivity index (χ0) is 13.8. The predicted octanol–water partition coefficient (Wildman–Crippen LogP) is 1.92. The van der Waals surface area contributed by atoms with Gasteiger partial charge in [0.15, 0.2) is 0 Å². The van der Waals surface area contributed by atoms with Crippen molar-refractivity contribution in [3.63, 3.8) is 0 Å². The summed E-state index contributed by atoms with van der Waals surface area (Å²) in [4.78, 5) is 6.56. The van der Waals surface area contributed by atoms with Gasteiger partial charge in [-0.2, -0.15) is 4.98 Å². The molecule has 1 aliphatic rings. The molecule has 0 aliphatic heterocycles. The zero-order valence-electron chi connectivity index (χ0n) is 11.9. The summed E-state index contributed by atoms with van der Waals surface area (Å²) in [6.45, 7) is 3.46. The van der Waals surface area contributed by atoms with E-state index < -0.39 is 0 Å². The molecule has 2 rings (SSSR count). The number of ether oxygens (including phenoxy) is 2. The molecular weight excluding hydrogens is 242 g/mol. The van der Waals surface area contributed by atoms with Crippen LogP contribution in [0.3, 0.4) is 0 Å². The van der Waals surface area contributed by atoms with Gasteiger partial charge in [0.1, 0.15) is 5.82 Å². The molecule has 1 aromatic rings. The highest BCUT2D eigenvalue weighted by Crippen LogP contribution is 2.31. The van der Waals surface area contributed by atoms with Crippen molar-refractivity contribution in [2.75, 3.05) is 38.0 Å². The minimum Gasteiger partial charge on any atom is -0.476 e. The van der Waals surface area contributed by atoms with Gasteiger partial charge < -0.3 is 20.1 Å². The van der Waals surface area contributed by atoms with Crippen molar-refractivity contribution in [2.24, 2.45) is 5.92 Å². The average Bonchev–Trinajstić information content (AvgIpc) is 3.21. The smallest absolute Gasteiger partial charge is 0.239 e. The third-order valence-electron chi connectivity index (χ3n) is 3.46. The van der Waals surface area contributed by atoms with E-state index in [1.807, 2.05) is 19.2 Å². The van der Waals surface area contributed by atoms with Gasteiger partial charge in [0.05, 0.1) is 24.9 Å². The third-order valence-corrected chi connectivity index (χ3v) is 3.46. The fraction of sp³-hybridized carbons (Fsp3) is 0.643. The van der Waals surface area contributed by atoms with Crippen LogP contribution in [0.4, 0.5) is 11.5 Å². The molecule has 0 aromatic carbocycles. The molecule has 5 heteroatoms. The number of hydrogen-bond donors (Lipinski definition) is 1. The monoisotopic (exact) mass is 265 g/mol. The number of nitrogens with zero attached hydrogens (tertiary/aromatic N) is 2. The van der Waals surface area contributed by atoms with Gasteiger partial charge in [-0.1, -0.05) is 0 Å². The lowest BCUT2D eigenvalue weighted by Crippen LogP contribution is -2.33. The Balaban J connectivity index is 2.05. The lowest BCUT2D eigenvalue weighted by molar-refractivity contribution is 0.183. The summed E-state index contributed by atoms with van der Waals surface area (Å²) >= 11 is 0. The molecule has 1 fully saturated rings. The molecule has 2 N–H and O–H groups in total. The number of aromatic nitrogens is 1. The van der Waals surface area contributed by atoms with E-state index in [1.165, 1.54) is 12.8 Å². The Morgan fingerprint density at radius 3 is 2.84 bits per heavy atom. The summed E-state index contributed by atoms with van der Waals surface area (Å²) < 4.78 is 10.9. The molecule has 1 saturated carbocycles. The van der Waals surface area contributed by atoms with E-state index >= 15 is 0 Å². The topological polar surface area (TPSA) is 60.6 Å². The summed E-state index contributed by atoms with van der Waals surface area (Å²) in [6.07, 6.45) is 2.51. The average molecular weight is 265 g/mol. The van der Waals surface area contributed by atoms with Gasteiger partial charge in [0.25, 0.3) is 0 Å². The Morgan fingerprint density at radius 2 is 2.21 bits per heavy atom. The van der Waals surface area contributed by atoms with E-state index in [4.69, 9.17) is 15.2 Å². The van der Waals surface area contributed by atoms with Crippen LogP contribution >= 0.6 is 0 Å². The number of methoxy groups -OCH3 is 1. The second kappa shape index (κ2) is 6.10. The second-order valence-electron chi connectivity index (χ2n) is 5.23. The van der Waals surface area contributed by atoms with Crippen LogP contribution in [0.5, 0.6) is 5.88 Å². The fourth-order valence-corrected chi connectivity index (χ4v) is 1.81. The second-order valence-corrected chi connectivity index (χ2v) is 5.23. The molecule has 0 bridgehead atoms. The van der Waals surface area contributed by atoms with Crippen molar-refractivity contribution in [2.45, 2.75) is 25.8 Å². The summed E-state index contributed by atoms with van der Waals surface area (Å²) in [7, 11) is 3.69. The molecule has 1 atom stereocenters. The first-order valence-corrected chi connectivity index (χ1v) is 6.73. The summed E-state index contributed by atoms with van der Waals surface area (Å²) in [5.41, 5.74) is 6.49. The minimum absolute atomic E-state index is 0.248. The largest absolute Gasteiger partial charge is 0.476 e. The Labute approximate surface area is 114 Å². The Bertz CT molecular complexity index is 421. The molecule has 0 radical (unpaired) electrons. The standard InChI is InChI=1S/C14H23N3O2/c1-10(8-18-3)17(2)13-7-6-12(15)14(16-13)19-9-11-4-5-11/h6-7,10-11H,4-5,8-9,15H2,1-3H3. The van der Waals surface area contributed by atoms with Crippen LogP contribution in [0, 0.1) is 5.92 Å². The van der Waals surface area contributed by atoms with Crippen molar-refractivity contribution >= 4 is 11.5 Å². The lowest BCUT2D eigenvalue weighted by Gasteiger charge is -2.25. The molecule has 1 aliphatic carbocycles. The maximum Gasteiger partial charge on any atom is 0.239 e. The molecule has 106 valence electrons. The highest BCUT2D eigenvalue weighted by molar-refractivity contribution is 5.54. The van der Waals surface area contributed by atoms with Crippen LogP contribution in [0.1, 0.15) is 19.8 Å². The summed E-state index contributed by atoms with van der Waals surface area (Å²) in [5, 5.41) is 0. The van der Waals surface area contributed by atoms with Crippen LogP contribution < -0.4 is 15.4 Å². The summed E-state index contributed by atoms with van der Waals surface area (Å²) in [6, 6.07) is 4.00. The van der Waals surface area contributed by atoms with Gasteiger partial charge in [-0.15, -0.1) is 0 Å². The van der Waals surface area contributed by atoms with Crippen LogP contribution in [-0.2, 0) is 4.74 Å². The number of likely N-dealkylation sites (N-methyl/N-ethyl adjacent to an activating group) is 1. The number of nitrogen functional groups attached to an aromatic ring is 1. The van der Waals surface area contributed by atoms with Gasteiger partial charge in [0.2, 0.25) is 5.88 Å². The highest BCUT2D eigenvalue weighted by atomic mass is 16.5. The molecular formula is C14H23N3O2. The number of rotatable bonds is 7. The van der Waals surface area contributed by atoms with Crippen molar-refractivity contribution in [1.29, 1.82) is 0 Å². The first kappa shape index (κ1) is 13.9. The molecule has 1 unspecified atom stereocenters. The SMILES string of the molecule is COCC(C)N(C)c1ccc(N)c(OCC2CC2)n1. The number of nitrogens with two attached hydrogens (primary N) is 1. The van der Waals surface area contributed by atoms with Crippen LogP contribution in [-0.4, -0.2) is 38.4 Å². The van der Waals surface area contributed by atoms with Crippen LogP contribution in [0.15, 0.2) is 12.1 Å². The summed E-state index contributed by atoms with van der Waals surface area (Å²) in [5.74, 6) is 2.08. The third kappa shape index (κ3) is 3.73. The van der Waals surface area contributed by atoms with Crippen molar-refractivity contribution in [3.8, 4) is 5.88 Å². The normalized spacial score (nSPS) is 16.2. The number of hydrogen-bond acceptors (Lipinski definition) is 5. The first-order chi connectivity index (χ1) is 9.11. The van der Waals surface area contributed by atoms with E-state index in [0.29, 0.717) is 24.1 Å². The van der Waals surface area contributed by atoms with E-state index in [-0.39, 0.29) is 6.04 Å². The molecule has 1 heterocycles. The van der Waals surface area contributed by atoms with Crippen LogP contribution in [0.25, 0.3) is 0 Å². The maximum atomic E-state index is 5.90. The maximum absolute atomic E-state index is 5.90. The van der Waals surface area contributed by atoms with E-state index in [1.54, 1.807) is 7.11 Å². The quantitative estimate of drug-likeness (QED) is 0.816. The Hall–Kier alpha value is -1.49. The molecule has 19 heavy (non-hydrogen) atoms. The molecule has 5 nitrogen and oxygen atoms in total. The Kier molecular flexibility index (Phi) is 4.47. The van der Waals surface area contributed by atoms with Crippen molar-refractivity contribution in [1.82, 2.24) is 4.98 Å². The highest BCUT2D eigenvalue weighted by Gasteiger charge is 2.23. The van der Waals surface area contributed by atoms with Gasteiger partial charge >= 0.3 is 0 Å². The van der Waals surface area contributed by atoms with Gasteiger partial charge in [-0.05, 0) is 37.8 Å².